The number of urea groups is 1. The smallest absolute Gasteiger partial charge is 0.406 e. The quantitative estimate of drug-likeness (QED) is 0.639. The summed E-state index contributed by atoms with van der Waals surface area (Å²) < 4.78 is 41.4. The Balaban J connectivity index is 1.71. The third-order valence-corrected chi connectivity index (χ3v) is 5.56. The average Bonchev–Trinajstić information content (AvgIpc) is 3.23. The molecule has 4 rings (SSSR count). The number of aromatic nitrogens is 1. The molecule has 1 aliphatic heterocycles. The third kappa shape index (κ3) is 2.83. The van der Waals surface area contributed by atoms with Crippen LogP contribution in [-0.2, 0) is 4.79 Å². The summed E-state index contributed by atoms with van der Waals surface area (Å²) in [6.45, 7) is 1.87. The van der Waals surface area contributed by atoms with Gasteiger partial charge in [-0.3, -0.25) is 14.7 Å². The molecule has 1 aromatic heterocycles. The fourth-order valence-corrected chi connectivity index (χ4v) is 3.98. The van der Waals surface area contributed by atoms with Crippen molar-refractivity contribution in [1.82, 2.24) is 4.98 Å². The molecule has 1 saturated carbocycles. The molecule has 1 spiro atoms. The van der Waals surface area contributed by atoms with Crippen molar-refractivity contribution in [2.75, 3.05) is 9.80 Å². The van der Waals surface area contributed by atoms with Gasteiger partial charge in [-0.05, 0) is 58.6 Å². The van der Waals surface area contributed by atoms with Gasteiger partial charge in [0.1, 0.15) is 11.3 Å². The first-order valence-electron chi connectivity index (χ1n) is 8.29. The zero-order valence-electron chi connectivity index (χ0n) is 14.4. The second kappa shape index (κ2) is 6.20. The average molecular weight is 456 g/mol. The number of halogens is 4. The molecule has 2 aromatic rings. The number of hydrogen-bond acceptors (Lipinski definition) is 4. The first-order chi connectivity index (χ1) is 13.1. The van der Waals surface area contributed by atoms with Crippen molar-refractivity contribution in [3.05, 3.63) is 47.2 Å². The number of amides is 3. The second-order valence-electron chi connectivity index (χ2n) is 6.66. The molecule has 1 saturated heterocycles. The maximum atomic E-state index is 13.2. The number of hydrogen-bond donors (Lipinski definition) is 0. The minimum atomic E-state index is -4.82. The molecule has 2 fully saturated rings. The van der Waals surface area contributed by atoms with Gasteiger partial charge in [0, 0.05) is 12.4 Å². The zero-order valence-corrected chi connectivity index (χ0v) is 16.0. The van der Waals surface area contributed by atoms with Crippen LogP contribution in [0.2, 0.25) is 0 Å². The lowest BCUT2D eigenvalue weighted by atomic mass is 10.1. The van der Waals surface area contributed by atoms with E-state index in [9.17, 15) is 22.8 Å². The van der Waals surface area contributed by atoms with E-state index in [4.69, 9.17) is 0 Å². The molecule has 0 bridgehead atoms. The van der Waals surface area contributed by atoms with E-state index in [1.807, 2.05) is 6.92 Å². The van der Waals surface area contributed by atoms with Gasteiger partial charge in [-0.25, -0.2) is 9.69 Å². The molecule has 2 aliphatic rings. The van der Waals surface area contributed by atoms with Crippen LogP contribution in [0, 0.1) is 5.92 Å². The maximum Gasteiger partial charge on any atom is 0.573 e. The summed E-state index contributed by atoms with van der Waals surface area (Å²) in [5, 5.41) is 0. The lowest BCUT2D eigenvalue weighted by Crippen LogP contribution is -2.39. The van der Waals surface area contributed by atoms with Gasteiger partial charge < -0.3 is 4.74 Å². The molecule has 146 valence electrons. The number of nitrogens with zero attached hydrogens (tertiary/aromatic N) is 3. The molecule has 1 aliphatic carbocycles. The molecule has 3 amide bonds. The predicted octanol–water partition coefficient (Wildman–Crippen LogP) is 4.49. The van der Waals surface area contributed by atoms with Crippen molar-refractivity contribution in [2.24, 2.45) is 5.92 Å². The molecule has 10 heteroatoms. The van der Waals surface area contributed by atoms with Gasteiger partial charge in [0.2, 0.25) is 0 Å². The third-order valence-electron chi connectivity index (χ3n) is 4.95. The fourth-order valence-electron chi connectivity index (χ4n) is 3.56. The lowest BCUT2D eigenvalue weighted by molar-refractivity contribution is -0.274. The summed E-state index contributed by atoms with van der Waals surface area (Å²) in [4.78, 5) is 32.7. The molecule has 1 aromatic carbocycles. The Hall–Kier alpha value is -2.62. The van der Waals surface area contributed by atoms with Crippen molar-refractivity contribution < 1.29 is 27.5 Å². The van der Waals surface area contributed by atoms with Crippen LogP contribution in [0.3, 0.4) is 0 Å². The number of rotatable bonds is 3. The van der Waals surface area contributed by atoms with Crippen molar-refractivity contribution in [3.8, 4) is 5.75 Å². The van der Waals surface area contributed by atoms with Gasteiger partial charge >= 0.3 is 12.4 Å². The van der Waals surface area contributed by atoms with E-state index in [-0.39, 0.29) is 11.6 Å². The van der Waals surface area contributed by atoms with E-state index in [2.05, 4.69) is 25.7 Å². The van der Waals surface area contributed by atoms with Crippen molar-refractivity contribution in [1.29, 1.82) is 0 Å². The number of benzene rings is 1. The Morgan fingerprint density at radius 2 is 1.86 bits per heavy atom. The topological polar surface area (TPSA) is 62.7 Å². The van der Waals surface area contributed by atoms with Crippen LogP contribution in [0.15, 0.2) is 47.2 Å². The number of carbonyl (C=O) groups is 2. The van der Waals surface area contributed by atoms with Crippen LogP contribution in [0.25, 0.3) is 0 Å². The Kier molecular flexibility index (Phi) is 4.14. The number of imide groups is 1. The minimum absolute atomic E-state index is 0.0538. The molecule has 2 unspecified atom stereocenters. The van der Waals surface area contributed by atoms with Gasteiger partial charge in [0.15, 0.2) is 0 Å². The zero-order chi connectivity index (χ0) is 20.3. The summed E-state index contributed by atoms with van der Waals surface area (Å²) in [6.07, 6.45) is -1.28. The first-order valence-corrected chi connectivity index (χ1v) is 9.08. The highest BCUT2D eigenvalue weighted by Crippen LogP contribution is 2.56. The largest absolute Gasteiger partial charge is 0.573 e. The second-order valence-corrected chi connectivity index (χ2v) is 7.51. The van der Waals surface area contributed by atoms with E-state index in [0.29, 0.717) is 16.6 Å². The summed E-state index contributed by atoms with van der Waals surface area (Å²) in [7, 11) is 0. The van der Waals surface area contributed by atoms with Crippen LogP contribution in [-0.4, -0.2) is 28.8 Å². The molecule has 28 heavy (non-hydrogen) atoms. The van der Waals surface area contributed by atoms with E-state index < -0.39 is 29.6 Å². The van der Waals surface area contributed by atoms with E-state index in [0.717, 1.165) is 17.0 Å². The SMILES string of the molecule is CC1CC12C(=O)N(c1ccc(OC(F)(F)F)cc1)C(=O)N2c1ccncc1Br. The lowest BCUT2D eigenvalue weighted by Gasteiger charge is -2.23. The van der Waals surface area contributed by atoms with Crippen LogP contribution in [0.4, 0.5) is 29.3 Å². The Labute approximate surface area is 166 Å². The summed E-state index contributed by atoms with van der Waals surface area (Å²) in [5.41, 5.74) is -0.310. The monoisotopic (exact) mass is 455 g/mol. The van der Waals surface area contributed by atoms with Gasteiger partial charge in [-0.15, -0.1) is 13.2 Å². The number of pyridine rings is 1. The Morgan fingerprint density at radius 3 is 2.39 bits per heavy atom. The molecule has 0 N–H and O–H groups in total. The molecule has 0 radical (unpaired) electrons. The fraction of sp³-hybridized carbons (Fsp3) is 0.278. The summed E-state index contributed by atoms with van der Waals surface area (Å²) >= 11 is 3.36. The highest BCUT2D eigenvalue weighted by molar-refractivity contribution is 9.10. The van der Waals surface area contributed by atoms with Crippen LogP contribution < -0.4 is 14.5 Å². The van der Waals surface area contributed by atoms with Crippen molar-refractivity contribution in [2.45, 2.75) is 25.2 Å². The van der Waals surface area contributed by atoms with Crippen molar-refractivity contribution in [3.63, 3.8) is 0 Å². The van der Waals surface area contributed by atoms with E-state index in [1.54, 1.807) is 6.07 Å². The van der Waals surface area contributed by atoms with Gasteiger partial charge in [0.05, 0.1) is 15.8 Å². The van der Waals surface area contributed by atoms with Crippen LogP contribution in [0.5, 0.6) is 5.75 Å². The van der Waals surface area contributed by atoms with Gasteiger partial charge in [-0.1, -0.05) is 6.92 Å². The molecule has 2 atom stereocenters. The minimum Gasteiger partial charge on any atom is -0.406 e. The molecule has 2 heterocycles. The number of ether oxygens (including phenoxy) is 1. The first kappa shape index (κ1) is 18.7. The number of anilines is 2. The van der Waals surface area contributed by atoms with Gasteiger partial charge in [-0.2, -0.15) is 0 Å². The summed E-state index contributed by atoms with van der Waals surface area (Å²) in [6, 6.07) is 5.71. The standard InChI is InChI=1S/C18H13BrF3N3O3/c1-10-8-17(10)15(26)24(11-2-4-12(5-3-11)28-18(20,21)22)16(27)25(17)14-6-7-23-9-13(14)19/h2-7,9-10H,8H2,1H3. The summed E-state index contributed by atoms with van der Waals surface area (Å²) in [5.74, 6) is -0.890. The van der Waals surface area contributed by atoms with Crippen LogP contribution >= 0.6 is 15.9 Å². The molecular weight excluding hydrogens is 443 g/mol. The number of alkyl halides is 3. The van der Waals surface area contributed by atoms with E-state index in [1.165, 1.54) is 29.4 Å². The van der Waals surface area contributed by atoms with Crippen molar-refractivity contribution >= 4 is 39.2 Å². The van der Waals surface area contributed by atoms with Crippen LogP contribution in [0.1, 0.15) is 13.3 Å². The maximum absolute atomic E-state index is 13.2. The highest BCUT2D eigenvalue weighted by atomic mass is 79.9. The Morgan fingerprint density at radius 1 is 1.21 bits per heavy atom. The molecular formula is C18H13BrF3N3O3. The normalized spacial score (nSPS) is 24.2. The predicted molar refractivity (Wildman–Crippen MR) is 96.9 cm³/mol. The van der Waals surface area contributed by atoms with Gasteiger partial charge in [0.25, 0.3) is 5.91 Å². The highest BCUT2D eigenvalue weighted by Gasteiger charge is 2.70. The molecule has 6 nitrogen and oxygen atoms in total. The number of carbonyl (C=O) groups excluding carboxylic acids is 2. The Bertz CT molecular complexity index is 967. The van der Waals surface area contributed by atoms with E-state index >= 15 is 0 Å².